The minimum atomic E-state index is 0.393. The van der Waals surface area contributed by atoms with Crippen LogP contribution in [0.15, 0.2) is 28.7 Å². The summed E-state index contributed by atoms with van der Waals surface area (Å²) >= 11 is 3.46. The molecule has 1 aromatic carbocycles. The maximum atomic E-state index is 5.32. The van der Waals surface area contributed by atoms with E-state index in [9.17, 15) is 0 Å². The van der Waals surface area contributed by atoms with Gasteiger partial charge in [-0.2, -0.15) is 4.98 Å². The molecule has 0 aliphatic rings. The quantitative estimate of drug-likeness (QED) is 0.600. The fourth-order valence-electron chi connectivity index (χ4n) is 1.65. The summed E-state index contributed by atoms with van der Waals surface area (Å²) in [7, 11) is 0. The van der Waals surface area contributed by atoms with Crippen molar-refractivity contribution in [3.63, 3.8) is 0 Å². The number of rotatable bonds is 3. The van der Waals surface area contributed by atoms with Crippen LogP contribution in [0.1, 0.15) is 11.3 Å². The van der Waals surface area contributed by atoms with Gasteiger partial charge in [-0.1, -0.05) is 15.9 Å². The fraction of sp³-hybridized carbons (Fsp3) is 0.167. The highest BCUT2D eigenvalue weighted by atomic mass is 79.9. The lowest BCUT2D eigenvalue weighted by Crippen LogP contribution is -2.11. The summed E-state index contributed by atoms with van der Waals surface area (Å²) in [5.41, 5.74) is 5.41. The largest absolute Gasteiger partial charge is 0.340 e. The Balaban J connectivity index is 2.30. The number of hydrogen-bond donors (Lipinski definition) is 3. The number of benzene rings is 1. The van der Waals surface area contributed by atoms with E-state index in [0.29, 0.717) is 11.8 Å². The van der Waals surface area contributed by atoms with Crippen molar-refractivity contribution in [3.8, 4) is 0 Å². The zero-order valence-electron chi connectivity index (χ0n) is 10.2. The topological polar surface area (TPSA) is 75.9 Å². The Kier molecular flexibility index (Phi) is 3.78. The van der Waals surface area contributed by atoms with Gasteiger partial charge in [0, 0.05) is 21.9 Å². The number of aryl methyl sites for hydroxylation is 2. The summed E-state index contributed by atoms with van der Waals surface area (Å²) < 4.78 is 1.02. The molecule has 5 nitrogen and oxygen atoms in total. The van der Waals surface area contributed by atoms with E-state index in [1.165, 1.54) is 0 Å². The van der Waals surface area contributed by atoms with Crippen LogP contribution in [0.4, 0.5) is 17.5 Å². The van der Waals surface area contributed by atoms with E-state index in [4.69, 9.17) is 5.84 Å². The van der Waals surface area contributed by atoms with E-state index in [2.05, 4.69) is 36.6 Å². The highest BCUT2D eigenvalue weighted by molar-refractivity contribution is 9.10. The van der Waals surface area contributed by atoms with Gasteiger partial charge in [0.25, 0.3) is 0 Å². The van der Waals surface area contributed by atoms with Gasteiger partial charge in [-0.3, -0.25) is 5.43 Å². The Morgan fingerprint density at radius 1 is 1.11 bits per heavy atom. The molecule has 0 bridgehead atoms. The molecule has 0 aliphatic heterocycles. The summed E-state index contributed by atoms with van der Waals surface area (Å²) in [6.45, 7) is 3.92. The second kappa shape index (κ2) is 5.32. The molecule has 2 aromatic rings. The monoisotopic (exact) mass is 307 g/mol. The van der Waals surface area contributed by atoms with Crippen molar-refractivity contribution in [3.05, 3.63) is 40.0 Å². The number of nitrogens with two attached hydrogens (primary N) is 1. The third-order valence-corrected chi connectivity index (χ3v) is 2.76. The summed E-state index contributed by atoms with van der Waals surface area (Å²) in [6.07, 6.45) is 0. The Bertz CT molecular complexity index is 550. The van der Waals surface area contributed by atoms with Crippen LogP contribution in [0.3, 0.4) is 0 Å². The van der Waals surface area contributed by atoms with Gasteiger partial charge in [-0.25, -0.2) is 10.8 Å². The van der Waals surface area contributed by atoms with Gasteiger partial charge in [0.1, 0.15) is 5.82 Å². The van der Waals surface area contributed by atoms with Crippen LogP contribution < -0.4 is 16.6 Å². The predicted molar refractivity (Wildman–Crippen MR) is 76.7 cm³/mol. The summed E-state index contributed by atoms with van der Waals surface area (Å²) in [5.74, 6) is 6.41. The van der Waals surface area contributed by atoms with Crippen molar-refractivity contribution < 1.29 is 0 Å². The number of nitrogens with zero attached hydrogens (tertiary/aromatic N) is 2. The van der Waals surface area contributed by atoms with Crippen molar-refractivity contribution in [2.75, 3.05) is 10.7 Å². The molecule has 0 atom stereocenters. The first kappa shape index (κ1) is 12.8. The molecule has 6 heteroatoms. The maximum Gasteiger partial charge on any atom is 0.239 e. The summed E-state index contributed by atoms with van der Waals surface area (Å²) in [5, 5.41) is 3.22. The van der Waals surface area contributed by atoms with E-state index in [1.54, 1.807) is 0 Å². The second-order valence-electron chi connectivity index (χ2n) is 4.00. The van der Waals surface area contributed by atoms with Crippen molar-refractivity contribution >= 4 is 33.4 Å². The number of aromatic nitrogens is 2. The Morgan fingerprint density at radius 3 is 2.56 bits per heavy atom. The Hall–Kier alpha value is -1.66. The average molecular weight is 308 g/mol. The average Bonchev–Trinajstić information content (AvgIpc) is 2.26. The maximum absolute atomic E-state index is 5.32. The molecule has 0 radical (unpaired) electrons. The van der Waals surface area contributed by atoms with Crippen LogP contribution in [0.5, 0.6) is 0 Å². The van der Waals surface area contributed by atoms with Crippen LogP contribution in [-0.4, -0.2) is 9.97 Å². The lowest BCUT2D eigenvalue weighted by Gasteiger charge is -2.09. The van der Waals surface area contributed by atoms with Gasteiger partial charge < -0.3 is 5.32 Å². The highest BCUT2D eigenvalue weighted by Crippen LogP contribution is 2.22. The Labute approximate surface area is 114 Å². The van der Waals surface area contributed by atoms with Crippen LogP contribution in [0.25, 0.3) is 0 Å². The van der Waals surface area contributed by atoms with Crippen molar-refractivity contribution in [2.24, 2.45) is 5.84 Å². The number of hydrazine groups is 1. The number of halogens is 1. The summed E-state index contributed by atoms with van der Waals surface area (Å²) in [6, 6.07) is 7.93. The van der Waals surface area contributed by atoms with Gasteiger partial charge in [-0.15, -0.1) is 0 Å². The molecule has 18 heavy (non-hydrogen) atoms. The number of nitrogen functional groups attached to an aromatic ring is 1. The molecule has 94 valence electrons. The molecule has 2 rings (SSSR count). The lowest BCUT2D eigenvalue weighted by molar-refractivity contribution is 1.07. The molecule has 0 spiro atoms. The van der Waals surface area contributed by atoms with Crippen molar-refractivity contribution in [1.82, 2.24) is 9.97 Å². The third-order valence-electron chi connectivity index (χ3n) is 2.30. The van der Waals surface area contributed by atoms with Gasteiger partial charge in [0.05, 0.1) is 0 Å². The molecule has 1 heterocycles. The predicted octanol–water partition coefficient (Wildman–Crippen LogP) is 2.89. The molecule has 0 fully saturated rings. The van der Waals surface area contributed by atoms with Crippen LogP contribution in [0.2, 0.25) is 0 Å². The molecule has 0 amide bonds. The van der Waals surface area contributed by atoms with Crippen LogP contribution in [-0.2, 0) is 0 Å². The molecule has 0 saturated carbocycles. The fourth-order valence-corrected chi connectivity index (χ4v) is 2.26. The van der Waals surface area contributed by atoms with E-state index in [-0.39, 0.29) is 0 Å². The molecular weight excluding hydrogens is 294 g/mol. The SMILES string of the molecule is Cc1cc(Br)cc(Nc2cc(C)nc(NN)n2)c1. The molecule has 0 unspecified atom stereocenters. The number of hydrogen-bond acceptors (Lipinski definition) is 5. The molecule has 1 aromatic heterocycles. The normalized spacial score (nSPS) is 10.2. The molecule has 0 aliphatic carbocycles. The Morgan fingerprint density at radius 2 is 1.89 bits per heavy atom. The molecule has 4 N–H and O–H groups in total. The van der Waals surface area contributed by atoms with E-state index in [1.807, 2.05) is 38.1 Å². The van der Waals surface area contributed by atoms with E-state index >= 15 is 0 Å². The highest BCUT2D eigenvalue weighted by Gasteiger charge is 2.02. The van der Waals surface area contributed by atoms with Gasteiger partial charge >= 0.3 is 0 Å². The molecule has 0 saturated heterocycles. The lowest BCUT2D eigenvalue weighted by atomic mass is 10.2. The number of nitrogens with one attached hydrogen (secondary N) is 2. The summed E-state index contributed by atoms with van der Waals surface area (Å²) in [4.78, 5) is 8.37. The minimum absolute atomic E-state index is 0.393. The van der Waals surface area contributed by atoms with Gasteiger partial charge in [0.15, 0.2) is 0 Å². The zero-order valence-corrected chi connectivity index (χ0v) is 11.7. The first-order valence-electron chi connectivity index (χ1n) is 5.43. The van der Waals surface area contributed by atoms with Crippen molar-refractivity contribution in [1.29, 1.82) is 0 Å². The third kappa shape index (κ3) is 3.18. The minimum Gasteiger partial charge on any atom is -0.340 e. The molecular formula is C12H14BrN5. The van der Waals surface area contributed by atoms with Crippen LogP contribution >= 0.6 is 15.9 Å². The first-order chi connectivity index (χ1) is 8.56. The van der Waals surface area contributed by atoms with E-state index < -0.39 is 0 Å². The van der Waals surface area contributed by atoms with Gasteiger partial charge in [0.2, 0.25) is 5.95 Å². The van der Waals surface area contributed by atoms with E-state index in [0.717, 1.165) is 21.4 Å². The second-order valence-corrected chi connectivity index (χ2v) is 4.92. The zero-order chi connectivity index (χ0) is 13.1. The smallest absolute Gasteiger partial charge is 0.239 e. The standard InChI is InChI=1S/C12H14BrN5/c1-7-3-9(13)6-10(4-7)16-11-5-8(2)15-12(17-11)18-14/h3-6H,14H2,1-2H3,(H2,15,16,17,18). The number of anilines is 3. The van der Waals surface area contributed by atoms with Crippen molar-refractivity contribution in [2.45, 2.75) is 13.8 Å². The van der Waals surface area contributed by atoms with Crippen LogP contribution in [0, 0.1) is 13.8 Å². The van der Waals surface area contributed by atoms with Gasteiger partial charge in [-0.05, 0) is 37.6 Å². The first-order valence-corrected chi connectivity index (χ1v) is 6.22.